The molecular formula is C11H14FNO. The molecule has 1 aromatic rings. The minimum absolute atomic E-state index is 0.210. The summed E-state index contributed by atoms with van der Waals surface area (Å²) in [6.07, 6.45) is 0. The number of morpholine rings is 1. The van der Waals surface area contributed by atoms with Gasteiger partial charge in [0.15, 0.2) is 0 Å². The van der Waals surface area contributed by atoms with Crippen molar-refractivity contribution >= 4 is 0 Å². The van der Waals surface area contributed by atoms with Gasteiger partial charge in [-0.15, -0.1) is 0 Å². The van der Waals surface area contributed by atoms with E-state index in [1.807, 2.05) is 13.0 Å². The van der Waals surface area contributed by atoms with Crippen molar-refractivity contribution in [3.05, 3.63) is 35.6 Å². The molecule has 2 nitrogen and oxygen atoms in total. The molecule has 0 saturated carbocycles. The average Bonchev–Trinajstić information content (AvgIpc) is 2.19. The third-order valence-electron chi connectivity index (χ3n) is 2.60. The molecular weight excluding hydrogens is 181 g/mol. The number of nitrogens with one attached hydrogen (secondary N) is 1. The summed E-state index contributed by atoms with van der Waals surface area (Å²) in [5, 5.41) is 3.25. The van der Waals surface area contributed by atoms with Crippen LogP contribution in [-0.2, 0) is 10.3 Å². The number of ether oxygens (including phenoxy) is 1. The van der Waals surface area contributed by atoms with E-state index in [4.69, 9.17) is 4.74 Å². The van der Waals surface area contributed by atoms with Crippen molar-refractivity contribution in [2.45, 2.75) is 12.5 Å². The van der Waals surface area contributed by atoms with Crippen LogP contribution in [0.1, 0.15) is 12.5 Å². The Morgan fingerprint density at radius 1 is 1.50 bits per heavy atom. The van der Waals surface area contributed by atoms with Gasteiger partial charge >= 0.3 is 0 Å². The summed E-state index contributed by atoms with van der Waals surface area (Å²) in [5.74, 6) is -0.210. The van der Waals surface area contributed by atoms with Gasteiger partial charge in [-0.3, -0.25) is 0 Å². The number of hydrogen-bond donors (Lipinski definition) is 1. The molecule has 0 bridgehead atoms. The first kappa shape index (κ1) is 9.62. The van der Waals surface area contributed by atoms with E-state index >= 15 is 0 Å². The molecule has 0 radical (unpaired) electrons. The highest BCUT2D eigenvalue weighted by Gasteiger charge is 2.29. The Labute approximate surface area is 83.1 Å². The first-order valence-electron chi connectivity index (χ1n) is 4.81. The largest absolute Gasteiger partial charge is 0.368 e. The molecule has 1 atom stereocenters. The zero-order valence-electron chi connectivity index (χ0n) is 8.22. The van der Waals surface area contributed by atoms with Crippen LogP contribution in [0, 0.1) is 5.82 Å². The second kappa shape index (κ2) is 3.67. The summed E-state index contributed by atoms with van der Waals surface area (Å²) in [4.78, 5) is 0. The summed E-state index contributed by atoms with van der Waals surface area (Å²) in [7, 11) is 0. The molecule has 1 heterocycles. The summed E-state index contributed by atoms with van der Waals surface area (Å²) < 4.78 is 18.7. The Morgan fingerprint density at radius 2 is 2.36 bits per heavy atom. The first-order chi connectivity index (χ1) is 6.71. The Hall–Kier alpha value is -0.930. The molecule has 1 aliphatic rings. The molecule has 1 unspecified atom stereocenters. The van der Waals surface area contributed by atoms with Gasteiger partial charge in [-0.1, -0.05) is 12.1 Å². The van der Waals surface area contributed by atoms with Crippen molar-refractivity contribution in [2.24, 2.45) is 0 Å². The van der Waals surface area contributed by atoms with Crippen molar-refractivity contribution in [1.29, 1.82) is 0 Å². The van der Waals surface area contributed by atoms with Crippen LogP contribution in [0.25, 0.3) is 0 Å². The van der Waals surface area contributed by atoms with Crippen LogP contribution in [0.4, 0.5) is 4.39 Å². The number of benzene rings is 1. The zero-order chi connectivity index (χ0) is 10.0. The van der Waals surface area contributed by atoms with Crippen molar-refractivity contribution in [1.82, 2.24) is 5.32 Å². The van der Waals surface area contributed by atoms with Gasteiger partial charge in [0, 0.05) is 13.1 Å². The maximum absolute atomic E-state index is 13.0. The molecule has 1 fully saturated rings. The van der Waals surface area contributed by atoms with E-state index in [9.17, 15) is 4.39 Å². The highest BCUT2D eigenvalue weighted by molar-refractivity contribution is 5.23. The minimum Gasteiger partial charge on any atom is -0.368 e. The van der Waals surface area contributed by atoms with Crippen molar-refractivity contribution in [3.63, 3.8) is 0 Å². The normalized spacial score (nSPS) is 27.6. The van der Waals surface area contributed by atoms with Crippen LogP contribution in [-0.4, -0.2) is 19.7 Å². The van der Waals surface area contributed by atoms with Gasteiger partial charge in [0.05, 0.1) is 6.61 Å². The molecule has 2 rings (SSSR count). The van der Waals surface area contributed by atoms with Crippen LogP contribution >= 0.6 is 0 Å². The van der Waals surface area contributed by atoms with Crippen LogP contribution < -0.4 is 5.32 Å². The highest BCUT2D eigenvalue weighted by Crippen LogP contribution is 2.26. The third-order valence-corrected chi connectivity index (χ3v) is 2.60. The van der Waals surface area contributed by atoms with Crippen LogP contribution in [0.2, 0.25) is 0 Å². The van der Waals surface area contributed by atoms with Crippen LogP contribution in [0.3, 0.4) is 0 Å². The van der Waals surface area contributed by atoms with E-state index in [1.165, 1.54) is 12.1 Å². The van der Waals surface area contributed by atoms with Gasteiger partial charge in [0.25, 0.3) is 0 Å². The van der Waals surface area contributed by atoms with E-state index in [-0.39, 0.29) is 11.4 Å². The monoisotopic (exact) mass is 195 g/mol. The molecule has 3 heteroatoms. The molecule has 1 saturated heterocycles. The van der Waals surface area contributed by atoms with Gasteiger partial charge in [-0.2, -0.15) is 0 Å². The van der Waals surface area contributed by atoms with Crippen molar-refractivity contribution in [3.8, 4) is 0 Å². The second-order valence-corrected chi connectivity index (χ2v) is 3.77. The van der Waals surface area contributed by atoms with Gasteiger partial charge < -0.3 is 10.1 Å². The second-order valence-electron chi connectivity index (χ2n) is 3.77. The Balaban J connectivity index is 2.28. The maximum Gasteiger partial charge on any atom is 0.123 e. The molecule has 14 heavy (non-hydrogen) atoms. The standard InChI is InChI=1S/C11H14FNO/c1-11(8-13-5-6-14-11)9-3-2-4-10(12)7-9/h2-4,7,13H,5-6,8H2,1H3. The van der Waals surface area contributed by atoms with Crippen molar-refractivity contribution < 1.29 is 9.13 Å². The highest BCUT2D eigenvalue weighted by atomic mass is 19.1. The summed E-state index contributed by atoms with van der Waals surface area (Å²) >= 11 is 0. The van der Waals surface area contributed by atoms with Crippen LogP contribution in [0.15, 0.2) is 24.3 Å². The number of rotatable bonds is 1. The summed E-state index contributed by atoms with van der Waals surface area (Å²) in [5.41, 5.74) is 0.505. The Morgan fingerprint density at radius 3 is 3.00 bits per heavy atom. The quantitative estimate of drug-likeness (QED) is 0.735. The smallest absolute Gasteiger partial charge is 0.123 e. The minimum atomic E-state index is -0.389. The summed E-state index contributed by atoms with van der Waals surface area (Å²) in [6, 6.07) is 6.60. The topological polar surface area (TPSA) is 21.3 Å². The summed E-state index contributed by atoms with van der Waals surface area (Å²) in [6.45, 7) is 4.25. The fraction of sp³-hybridized carbons (Fsp3) is 0.455. The third kappa shape index (κ3) is 1.79. The lowest BCUT2D eigenvalue weighted by Crippen LogP contribution is -2.45. The Bertz CT molecular complexity index is 321. The number of hydrogen-bond acceptors (Lipinski definition) is 2. The molecule has 1 aromatic carbocycles. The Kier molecular flexibility index (Phi) is 2.52. The van der Waals surface area contributed by atoms with E-state index in [1.54, 1.807) is 6.07 Å². The van der Waals surface area contributed by atoms with Crippen LogP contribution in [0.5, 0.6) is 0 Å². The molecule has 1 aliphatic heterocycles. The lowest BCUT2D eigenvalue weighted by molar-refractivity contribution is -0.0573. The zero-order valence-corrected chi connectivity index (χ0v) is 8.22. The first-order valence-corrected chi connectivity index (χ1v) is 4.81. The molecule has 0 amide bonds. The van der Waals surface area contributed by atoms with Gasteiger partial charge in [0.1, 0.15) is 11.4 Å². The predicted molar refractivity (Wildman–Crippen MR) is 52.6 cm³/mol. The molecule has 1 N–H and O–H groups in total. The van der Waals surface area contributed by atoms with E-state index in [0.29, 0.717) is 6.61 Å². The maximum atomic E-state index is 13.0. The predicted octanol–water partition coefficient (Wildman–Crippen LogP) is 1.66. The fourth-order valence-corrected chi connectivity index (χ4v) is 1.73. The lowest BCUT2D eigenvalue weighted by atomic mass is 9.94. The lowest BCUT2D eigenvalue weighted by Gasteiger charge is -2.34. The molecule has 0 spiro atoms. The van der Waals surface area contributed by atoms with Gasteiger partial charge in [0.2, 0.25) is 0 Å². The fourth-order valence-electron chi connectivity index (χ4n) is 1.73. The van der Waals surface area contributed by atoms with E-state index in [2.05, 4.69) is 5.32 Å². The van der Waals surface area contributed by atoms with Gasteiger partial charge in [-0.05, 0) is 24.6 Å². The van der Waals surface area contributed by atoms with Crippen molar-refractivity contribution in [2.75, 3.05) is 19.7 Å². The SMILES string of the molecule is CC1(c2cccc(F)c2)CNCCO1. The van der Waals surface area contributed by atoms with E-state index in [0.717, 1.165) is 18.7 Å². The average molecular weight is 195 g/mol. The molecule has 76 valence electrons. The molecule has 0 aromatic heterocycles. The molecule has 0 aliphatic carbocycles. The number of halogens is 1. The van der Waals surface area contributed by atoms with Gasteiger partial charge in [-0.25, -0.2) is 4.39 Å². The van der Waals surface area contributed by atoms with E-state index < -0.39 is 0 Å².